The van der Waals surface area contributed by atoms with Crippen LogP contribution in [0.4, 0.5) is 5.69 Å². The van der Waals surface area contributed by atoms with E-state index >= 15 is 0 Å². The number of rotatable bonds is 5. The van der Waals surface area contributed by atoms with Crippen molar-refractivity contribution >= 4 is 76.8 Å². The van der Waals surface area contributed by atoms with Gasteiger partial charge >= 0.3 is 0 Å². The molecule has 2 heterocycles. The molecule has 5 rings (SSSR count). The number of nitrogens with one attached hydrogen (secondary N) is 1. The molecule has 0 fully saturated rings. The molecule has 0 unspecified atom stereocenters. The summed E-state index contributed by atoms with van der Waals surface area (Å²) < 4.78 is 3.42. The molecule has 0 atom stereocenters. The molecule has 2 aromatic carbocycles. The van der Waals surface area contributed by atoms with Crippen molar-refractivity contribution in [2.24, 2.45) is 0 Å². The average Bonchev–Trinajstić information content (AvgIpc) is 3.19. The number of nitrogens with zero attached hydrogens (tertiary/aromatic N) is 2. The summed E-state index contributed by atoms with van der Waals surface area (Å²) in [5.41, 5.74) is 3.66. The van der Waals surface area contributed by atoms with Crippen molar-refractivity contribution in [3.63, 3.8) is 0 Å². The average molecular weight is 619 g/mol. The molecule has 0 radical (unpaired) electrons. The van der Waals surface area contributed by atoms with Gasteiger partial charge in [0.15, 0.2) is 5.16 Å². The Morgan fingerprint density at radius 1 is 1.15 bits per heavy atom. The first kappa shape index (κ1) is 23.8. The van der Waals surface area contributed by atoms with Crippen molar-refractivity contribution in [1.29, 1.82) is 0 Å². The van der Waals surface area contributed by atoms with Crippen LogP contribution in [0.3, 0.4) is 0 Å². The zero-order valence-corrected chi connectivity index (χ0v) is 23.2. The highest BCUT2D eigenvalue weighted by molar-refractivity contribution is 9.10. The Balaban J connectivity index is 1.51. The van der Waals surface area contributed by atoms with E-state index in [1.165, 1.54) is 16.6 Å². The van der Waals surface area contributed by atoms with Gasteiger partial charge in [0.1, 0.15) is 4.83 Å². The van der Waals surface area contributed by atoms with E-state index < -0.39 is 0 Å². The van der Waals surface area contributed by atoms with Crippen molar-refractivity contribution in [1.82, 2.24) is 9.55 Å². The summed E-state index contributed by atoms with van der Waals surface area (Å²) in [4.78, 5) is 33.5. The van der Waals surface area contributed by atoms with Gasteiger partial charge in [0.05, 0.1) is 22.5 Å². The minimum absolute atomic E-state index is 0.0593. The number of halogens is 2. The Bertz CT molecular complexity index is 1460. The number of aromatic nitrogens is 2. The van der Waals surface area contributed by atoms with Crippen LogP contribution in [-0.4, -0.2) is 21.2 Å². The molecule has 174 valence electrons. The number of fused-ring (bicyclic) bond motifs is 3. The van der Waals surface area contributed by atoms with Crippen LogP contribution >= 0.6 is 55.0 Å². The maximum absolute atomic E-state index is 13.8. The summed E-state index contributed by atoms with van der Waals surface area (Å²) in [6.45, 7) is 2.00. The smallest absolute Gasteiger partial charge is 0.267 e. The molecule has 5 nitrogen and oxygen atoms in total. The summed E-state index contributed by atoms with van der Waals surface area (Å²) in [6.07, 6.45) is 4.18. The number of thioether (sulfide) groups is 1. The predicted molar refractivity (Wildman–Crippen MR) is 148 cm³/mol. The predicted octanol–water partition coefficient (Wildman–Crippen LogP) is 6.89. The molecule has 0 saturated carbocycles. The van der Waals surface area contributed by atoms with E-state index in [4.69, 9.17) is 4.98 Å². The monoisotopic (exact) mass is 617 g/mol. The quantitative estimate of drug-likeness (QED) is 0.195. The fourth-order valence-electron chi connectivity index (χ4n) is 4.14. The Morgan fingerprint density at radius 2 is 1.91 bits per heavy atom. The fourth-order valence-corrected chi connectivity index (χ4v) is 7.11. The second kappa shape index (κ2) is 9.97. The first-order valence-corrected chi connectivity index (χ1v) is 14.3. The van der Waals surface area contributed by atoms with Gasteiger partial charge in [-0.25, -0.2) is 4.98 Å². The van der Waals surface area contributed by atoms with Crippen LogP contribution in [0.5, 0.6) is 0 Å². The number of hydrogen-bond acceptors (Lipinski definition) is 5. The highest BCUT2D eigenvalue weighted by Crippen LogP contribution is 2.35. The van der Waals surface area contributed by atoms with Crippen LogP contribution in [0.15, 0.2) is 61.4 Å². The fraction of sp³-hybridized carbons (Fsp3) is 0.240. The van der Waals surface area contributed by atoms with Crippen molar-refractivity contribution < 1.29 is 4.79 Å². The lowest BCUT2D eigenvalue weighted by Crippen LogP contribution is -2.23. The second-order valence-electron chi connectivity index (χ2n) is 8.22. The Kier molecular flexibility index (Phi) is 6.97. The zero-order valence-electron chi connectivity index (χ0n) is 18.4. The summed E-state index contributed by atoms with van der Waals surface area (Å²) in [6, 6.07) is 13.4. The molecular weight excluding hydrogens is 598 g/mol. The highest BCUT2D eigenvalue weighted by Gasteiger charge is 2.23. The third-order valence-corrected chi connectivity index (χ3v) is 9.08. The molecule has 0 saturated heterocycles. The SMILES string of the molecule is Cc1ccc(NC(=O)CSc2nc3sc4c(c3c(=O)n2-c2ccc(Br)cc2)CCCC4)c(Br)c1. The standard InChI is InChI=1S/C25H21Br2N3O2S2/c1-14-6-11-19(18(27)12-14)28-21(31)13-33-25-29-23-22(17-4-2-3-5-20(17)34-23)24(32)30(25)16-9-7-15(26)8-10-16/h6-12H,2-5,13H2,1H3,(H,28,31). The van der Waals surface area contributed by atoms with Crippen LogP contribution < -0.4 is 10.9 Å². The van der Waals surface area contributed by atoms with Gasteiger partial charge in [0.2, 0.25) is 5.91 Å². The normalized spacial score (nSPS) is 13.1. The number of hydrogen-bond donors (Lipinski definition) is 1. The molecule has 1 amide bonds. The maximum Gasteiger partial charge on any atom is 0.267 e. The Hall–Kier alpha value is -1.94. The van der Waals surface area contributed by atoms with E-state index in [2.05, 4.69) is 37.2 Å². The first-order valence-electron chi connectivity index (χ1n) is 10.9. The van der Waals surface area contributed by atoms with Gasteiger partial charge < -0.3 is 5.32 Å². The molecule has 4 aromatic rings. The Labute approximate surface area is 222 Å². The van der Waals surface area contributed by atoms with Crippen LogP contribution in [-0.2, 0) is 17.6 Å². The second-order valence-corrected chi connectivity index (χ2v) is 12.0. The lowest BCUT2D eigenvalue weighted by molar-refractivity contribution is -0.113. The number of amides is 1. The van der Waals surface area contributed by atoms with Crippen molar-refractivity contribution in [2.75, 3.05) is 11.1 Å². The topological polar surface area (TPSA) is 64.0 Å². The minimum Gasteiger partial charge on any atom is -0.324 e. The first-order chi connectivity index (χ1) is 16.4. The van der Waals surface area contributed by atoms with Crippen molar-refractivity contribution in [2.45, 2.75) is 37.8 Å². The molecular formula is C25H21Br2N3O2S2. The summed E-state index contributed by atoms with van der Waals surface area (Å²) >= 11 is 9.87. The van der Waals surface area contributed by atoms with E-state index in [-0.39, 0.29) is 17.2 Å². The van der Waals surface area contributed by atoms with Crippen molar-refractivity contribution in [3.8, 4) is 5.69 Å². The van der Waals surface area contributed by atoms with Gasteiger partial charge in [-0.05, 0) is 96.1 Å². The van der Waals surface area contributed by atoms with Gasteiger partial charge in [-0.3, -0.25) is 14.2 Å². The molecule has 0 aliphatic heterocycles. The number of anilines is 1. The van der Waals surface area contributed by atoms with E-state index in [0.29, 0.717) is 5.16 Å². The molecule has 1 N–H and O–H groups in total. The molecule has 0 bridgehead atoms. The van der Waals surface area contributed by atoms with Crippen LogP contribution in [0.25, 0.3) is 15.9 Å². The Morgan fingerprint density at radius 3 is 2.68 bits per heavy atom. The summed E-state index contributed by atoms with van der Waals surface area (Å²) in [5, 5.41) is 4.20. The number of thiophene rings is 1. The number of aryl methyl sites for hydroxylation is 3. The van der Waals surface area contributed by atoms with E-state index in [9.17, 15) is 9.59 Å². The molecule has 0 spiro atoms. The lowest BCUT2D eigenvalue weighted by atomic mass is 9.97. The van der Waals surface area contributed by atoms with Crippen LogP contribution in [0.2, 0.25) is 0 Å². The van der Waals surface area contributed by atoms with E-state index in [0.717, 1.165) is 67.3 Å². The third-order valence-electron chi connectivity index (χ3n) is 5.77. The summed E-state index contributed by atoms with van der Waals surface area (Å²) in [5.74, 6) is -0.0170. The van der Waals surface area contributed by atoms with Crippen LogP contribution in [0, 0.1) is 6.92 Å². The number of benzene rings is 2. The van der Waals surface area contributed by atoms with E-state index in [1.54, 1.807) is 15.9 Å². The molecule has 1 aliphatic carbocycles. The van der Waals surface area contributed by atoms with Gasteiger partial charge in [-0.1, -0.05) is 33.8 Å². The van der Waals surface area contributed by atoms with Gasteiger partial charge in [0.25, 0.3) is 5.56 Å². The largest absolute Gasteiger partial charge is 0.324 e. The molecule has 9 heteroatoms. The summed E-state index contributed by atoms with van der Waals surface area (Å²) in [7, 11) is 0. The maximum atomic E-state index is 13.8. The zero-order chi connectivity index (χ0) is 23.8. The van der Waals surface area contributed by atoms with Gasteiger partial charge in [-0.2, -0.15) is 0 Å². The highest BCUT2D eigenvalue weighted by atomic mass is 79.9. The van der Waals surface area contributed by atoms with Crippen molar-refractivity contribution in [3.05, 3.63) is 77.8 Å². The molecule has 34 heavy (non-hydrogen) atoms. The number of carbonyl (C=O) groups excluding carboxylic acids is 1. The number of carbonyl (C=O) groups is 1. The van der Waals surface area contributed by atoms with Gasteiger partial charge in [0, 0.05) is 13.8 Å². The third kappa shape index (κ3) is 4.76. The van der Waals surface area contributed by atoms with E-state index in [1.807, 2.05) is 49.4 Å². The molecule has 1 aliphatic rings. The van der Waals surface area contributed by atoms with Gasteiger partial charge in [-0.15, -0.1) is 11.3 Å². The van der Waals surface area contributed by atoms with Crippen LogP contribution in [0.1, 0.15) is 28.8 Å². The molecule has 2 aromatic heterocycles. The lowest BCUT2D eigenvalue weighted by Gasteiger charge is -2.14. The minimum atomic E-state index is -0.156.